The van der Waals surface area contributed by atoms with Crippen LogP contribution in [0.5, 0.6) is 0 Å². The number of carbonyl (C=O) groups excluding carboxylic acids is 1. The minimum atomic E-state index is 0.0590. The molecule has 0 aliphatic carbocycles. The van der Waals surface area contributed by atoms with Crippen LogP contribution in [0, 0.1) is 6.92 Å². The Morgan fingerprint density at radius 3 is 2.90 bits per heavy atom. The molecule has 0 bridgehead atoms. The first-order chi connectivity index (χ1) is 10.1. The van der Waals surface area contributed by atoms with Gasteiger partial charge in [-0.3, -0.25) is 9.48 Å². The highest BCUT2D eigenvalue weighted by Crippen LogP contribution is 2.24. The maximum absolute atomic E-state index is 12.4. The molecule has 21 heavy (non-hydrogen) atoms. The quantitative estimate of drug-likeness (QED) is 0.553. The lowest BCUT2D eigenvalue weighted by Gasteiger charge is -2.08. The number of benzene rings is 1. The summed E-state index contributed by atoms with van der Waals surface area (Å²) in [6, 6.07) is 8.06. The summed E-state index contributed by atoms with van der Waals surface area (Å²) < 4.78 is 7.46. The highest BCUT2D eigenvalue weighted by atomic mass is 79.9. The van der Waals surface area contributed by atoms with Gasteiger partial charge in [-0.05, 0) is 34.5 Å². The normalized spacial score (nSPS) is 10.8. The number of methoxy groups -OCH3 is 1. The van der Waals surface area contributed by atoms with Crippen LogP contribution in [0.2, 0.25) is 0 Å². The molecule has 2 aromatic rings. The fourth-order valence-electron chi connectivity index (χ4n) is 1.92. The second-order valence-corrected chi connectivity index (χ2v) is 6.41. The number of halogens is 1. The van der Waals surface area contributed by atoms with E-state index in [1.165, 1.54) is 5.56 Å². The van der Waals surface area contributed by atoms with E-state index in [0.717, 1.165) is 9.37 Å². The molecule has 1 heterocycles. The summed E-state index contributed by atoms with van der Waals surface area (Å²) in [4.78, 5) is 13.6. The summed E-state index contributed by atoms with van der Waals surface area (Å²) in [6.07, 6.45) is 1.65. The van der Waals surface area contributed by atoms with Crippen molar-refractivity contribution in [2.75, 3.05) is 19.5 Å². The number of Topliss-reactive ketones (excluding diaryl/α,β-unsaturated/α-hetero) is 1. The van der Waals surface area contributed by atoms with Gasteiger partial charge in [0.15, 0.2) is 5.78 Å². The number of aryl methyl sites for hydroxylation is 1. The molecule has 0 radical (unpaired) electrons. The average molecular weight is 369 g/mol. The number of hydrogen-bond donors (Lipinski definition) is 0. The van der Waals surface area contributed by atoms with Crippen molar-refractivity contribution in [1.29, 1.82) is 0 Å². The highest BCUT2D eigenvalue weighted by molar-refractivity contribution is 9.10. The molecule has 0 spiro atoms. The zero-order valence-corrected chi connectivity index (χ0v) is 14.4. The van der Waals surface area contributed by atoms with Gasteiger partial charge >= 0.3 is 0 Å². The van der Waals surface area contributed by atoms with Crippen molar-refractivity contribution in [2.24, 2.45) is 0 Å². The number of ketones is 1. The SMILES string of the molecule is COCCn1ncc(Br)c1C(=O)CSc1ccccc1C. The Kier molecular flexibility index (Phi) is 6.02. The molecule has 1 aromatic carbocycles. The molecule has 1 aromatic heterocycles. The zero-order chi connectivity index (χ0) is 15.2. The van der Waals surface area contributed by atoms with Crippen molar-refractivity contribution >= 4 is 33.5 Å². The summed E-state index contributed by atoms with van der Waals surface area (Å²) in [5, 5.41) is 4.21. The lowest BCUT2D eigenvalue weighted by molar-refractivity contribution is 0.100. The number of aromatic nitrogens is 2. The van der Waals surface area contributed by atoms with Gasteiger partial charge in [0.25, 0.3) is 0 Å². The van der Waals surface area contributed by atoms with Crippen molar-refractivity contribution in [3.8, 4) is 0 Å². The van der Waals surface area contributed by atoms with Crippen LogP contribution < -0.4 is 0 Å². The maximum atomic E-state index is 12.4. The van der Waals surface area contributed by atoms with Crippen LogP contribution in [0.1, 0.15) is 16.1 Å². The van der Waals surface area contributed by atoms with E-state index in [-0.39, 0.29) is 5.78 Å². The topological polar surface area (TPSA) is 44.1 Å². The van der Waals surface area contributed by atoms with Crippen LogP contribution in [-0.2, 0) is 11.3 Å². The van der Waals surface area contributed by atoms with Gasteiger partial charge in [-0.15, -0.1) is 11.8 Å². The van der Waals surface area contributed by atoms with E-state index in [4.69, 9.17) is 4.74 Å². The van der Waals surface area contributed by atoms with Crippen LogP contribution in [-0.4, -0.2) is 35.0 Å². The van der Waals surface area contributed by atoms with Crippen LogP contribution in [0.4, 0.5) is 0 Å². The van der Waals surface area contributed by atoms with Gasteiger partial charge in [-0.2, -0.15) is 5.10 Å². The molecule has 0 saturated carbocycles. The Labute approximate surface area is 137 Å². The largest absolute Gasteiger partial charge is 0.383 e. The molecule has 0 fully saturated rings. The second kappa shape index (κ2) is 7.77. The zero-order valence-electron chi connectivity index (χ0n) is 12.0. The first-order valence-electron chi connectivity index (χ1n) is 6.55. The minimum absolute atomic E-state index is 0.0590. The fourth-order valence-corrected chi connectivity index (χ4v) is 3.33. The molecule has 2 rings (SSSR count). The first-order valence-corrected chi connectivity index (χ1v) is 8.33. The van der Waals surface area contributed by atoms with E-state index in [0.29, 0.717) is 24.6 Å². The molecule has 0 aliphatic rings. The Hall–Kier alpha value is -1.11. The summed E-state index contributed by atoms with van der Waals surface area (Å²) in [7, 11) is 1.63. The molecular weight excluding hydrogens is 352 g/mol. The van der Waals surface area contributed by atoms with Crippen molar-refractivity contribution < 1.29 is 9.53 Å². The van der Waals surface area contributed by atoms with Crippen LogP contribution >= 0.6 is 27.7 Å². The van der Waals surface area contributed by atoms with Crippen LogP contribution in [0.3, 0.4) is 0 Å². The maximum Gasteiger partial charge on any atom is 0.192 e. The second-order valence-electron chi connectivity index (χ2n) is 4.53. The van der Waals surface area contributed by atoms with E-state index >= 15 is 0 Å². The number of rotatable bonds is 7. The molecule has 112 valence electrons. The Bertz CT molecular complexity index is 628. The number of thioether (sulfide) groups is 1. The number of hydrogen-bond acceptors (Lipinski definition) is 4. The molecule has 0 aliphatic heterocycles. The van der Waals surface area contributed by atoms with E-state index in [2.05, 4.69) is 21.0 Å². The molecule has 6 heteroatoms. The molecule has 0 N–H and O–H groups in total. The van der Waals surface area contributed by atoms with Crippen molar-refractivity contribution in [3.05, 3.63) is 46.2 Å². The predicted octanol–water partition coefficient (Wildman–Crippen LogP) is 3.58. The first kappa shape index (κ1) is 16.3. The number of ether oxygens (including phenoxy) is 1. The smallest absolute Gasteiger partial charge is 0.192 e. The van der Waals surface area contributed by atoms with Crippen molar-refractivity contribution in [1.82, 2.24) is 9.78 Å². The summed E-state index contributed by atoms with van der Waals surface area (Å²) >= 11 is 4.95. The molecule has 0 atom stereocenters. The summed E-state index contributed by atoms with van der Waals surface area (Å²) in [5.74, 6) is 0.450. The fraction of sp³-hybridized carbons (Fsp3) is 0.333. The minimum Gasteiger partial charge on any atom is -0.383 e. The summed E-state index contributed by atoms with van der Waals surface area (Å²) in [6.45, 7) is 3.14. The Balaban J connectivity index is 2.07. The van der Waals surface area contributed by atoms with Gasteiger partial charge < -0.3 is 4.74 Å². The molecule has 0 amide bonds. The molecule has 4 nitrogen and oxygen atoms in total. The average Bonchev–Trinajstić information content (AvgIpc) is 2.85. The van der Waals surface area contributed by atoms with Crippen LogP contribution in [0.25, 0.3) is 0 Å². The third kappa shape index (κ3) is 4.18. The van der Waals surface area contributed by atoms with Gasteiger partial charge in [0.05, 0.1) is 29.6 Å². The molecular formula is C15H17BrN2O2S. The van der Waals surface area contributed by atoms with E-state index in [1.807, 2.05) is 31.2 Å². The molecule has 0 unspecified atom stereocenters. The Morgan fingerprint density at radius 1 is 1.43 bits per heavy atom. The van der Waals surface area contributed by atoms with Gasteiger partial charge in [0, 0.05) is 12.0 Å². The molecule has 0 saturated heterocycles. The number of nitrogens with zero attached hydrogens (tertiary/aromatic N) is 2. The third-order valence-corrected chi connectivity index (χ3v) is 4.77. The summed E-state index contributed by atoms with van der Waals surface area (Å²) in [5.41, 5.74) is 1.79. The third-order valence-electron chi connectivity index (χ3n) is 3.02. The standard InChI is InChI=1S/C15H17BrN2O2S/c1-11-5-3-4-6-14(11)21-10-13(19)15-12(16)9-17-18(15)7-8-20-2/h3-6,9H,7-8,10H2,1-2H3. The predicted molar refractivity (Wildman–Crippen MR) is 88.0 cm³/mol. The van der Waals surface area contributed by atoms with Gasteiger partial charge in [0.2, 0.25) is 0 Å². The van der Waals surface area contributed by atoms with Gasteiger partial charge in [-0.1, -0.05) is 18.2 Å². The Morgan fingerprint density at radius 2 is 2.19 bits per heavy atom. The number of carbonyl (C=O) groups is 1. The highest BCUT2D eigenvalue weighted by Gasteiger charge is 2.17. The lowest BCUT2D eigenvalue weighted by atomic mass is 10.2. The van der Waals surface area contributed by atoms with Crippen molar-refractivity contribution in [2.45, 2.75) is 18.4 Å². The van der Waals surface area contributed by atoms with Gasteiger partial charge in [0.1, 0.15) is 5.69 Å². The monoisotopic (exact) mass is 368 g/mol. The van der Waals surface area contributed by atoms with Crippen LogP contribution in [0.15, 0.2) is 39.8 Å². The van der Waals surface area contributed by atoms with Gasteiger partial charge in [-0.25, -0.2) is 0 Å². The van der Waals surface area contributed by atoms with Crippen molar-refractivity contribution in [3.63, 3.8) is 0 Å². The van der Waals surface area contributed by atoms with E-state index in [1.54, 1.807) is 29.8 Å². The van der Waals surface area contributed by atoms with E-state index < -0.39 is 0 Å². The van der Waals surface area contributed by atoms with E-state index in [9.17, 15) is 4.79 Å². The lowest BCUT2D eigenvalue weighted by Crippen LogP contribution is -2.15.